The standard InChI is InChI=1S/C9H9N3S/c1-6-4-8(12-9(11)13)3-2-7(6)5-10/h2-4H,1H3,(H3,11,12,13). The molecule has 0 spiro atoms. The second-order valence-corrected chi connectivity index (χ2v) is 3.07. The molecule has 0 aliphatic rings. The van der Waals surface area contributed by atoms with Crippen LogP contribution in [-0.4, -0.2) is 5.11 Å². The minimum Gasteiger partial charge on any atom is -0.376 e. The summed E-state index contributed by atoms with van der Waals surface area (Å²) in [5.41, 5.74) is 7.68. The van der Waals surface area contributed by atoms with E-state index in [-0.39, 0.29) is 5.11 Å². The number of nitriles is 1. The van der Waals surface area contributed by atoms with Gasteiger partial charge in [0.05, 0.1) is 11.6 Å². The fraction of sp³-hybridized carbons (Fsp3) is 0.111. The van der Waals surface area contributed by atoms with Gasteiger partial charge in [-0.2, -0.15) is 5.26 Å². The lowest BCUT2D eigenvalue weighted by Gasteiger charge is -2.04. The topological polar surface area (TPSA) is 61.8 Å². The van der Waals surface area contributed by atoms with Crippen molar-refractivity contribution in [1.29, 1.82) is 5.26 Å². The van der Waals surface area contributed by atoms with Crippen molar-refractivity contribution in [1.82, 2.24) is 0 Å². The highest BCUT2D eigenvalue weighted by Crippen LogP contribution is 2.13. The first-order valence-corrected chi connectivity index (χ1v) is 4.11. The number of benzene rings is 1. The Morgan fingerprint density at radius 2 is 2.31 bits per heavy atom. The normalized spacial score (nSPS) is 8.92. The summed E-state index contributed by atoms with van der Waals surface area (Å²) in [6, 6.07) is 7.42. The number of rotatable bonds is 1. The van der Waals surface area contributed by atoms with Crippen molar-refractivity contribution < 1.29 is 0 Å². The summed E-state index contributed by atoms with van der Waals surface area (Å²) in [5, 5.41) is 11.7. The van der Waals surface area contributed by atoms with Gasteiger partial charge in [-0.05, 0) is 42.9 Å². The van der Waals surface area contributed by atoms with Crippen LogP contribution in [0.3, 0.4) is 0 Å². The summed E-state index contributed by atoms with van der Waals surface area (Å²) in [6.07, 6.45) is 0. The molecule has 0 bridgehead atoms. The quantitative estimate of drug-likeness (QED) is 0.661. The van der Waals surface area contributed by atoms with Crippen LogP contribution in [0.2, 0.25) is 0 Å². The molecule has 0 aliphatic heterocycles. The Labute approximate surface area is 82.2 Å². The first-order valence-electron chi connectivity index (χ1n) is 3.70. The molecular weight excluding hydrogens is 182 g/mol. The number of aryl methyl sites for hydroxylation is 1. The van der Waals surface area contributed by atoms with E-state index < -0.39 is 0 Å². The first kappa shape index (κ1) is 9.49. The Bertz CT molecular complexity index is 379. The monoisotopic (exact) mass is 191 g/mol. The van der Waals surface area contributed by atoms with Gasteiger partial charge in [-0.15, -0.1) is 0 Å². The van der Waals surface area contributed by atoms with Gasteiger partial charge in [0.1, 0.15) is 0 Å². The SMILES string of the molecule is Cc1cc(NC(N)=S)ccc1C#N. The van der Waals surface area contributed by atoms with E-state index in [9.17, 15) is 0 Å². The van der Waals surface area contributed by atoms with Crippen LogP contribution in [-0.2, 0) is 0 Å². The van der Waals surface area contributed by atoms with Gasteiger partial charge >= 0.3 is 0 Å². The molecule has 0 fully saturated rings. The van der Waals surface area contributed by atoms with Crippen LogP contribution in [0.4, 0.5) is 5.69 Å². The average Bonchev–Trinajstić information content (AvgIpc) is 2.03. The van der Waals surface area contributed by atoms with Crippen LogP contribution in [0.1, 0.15) is 11.1 Å². The van der Waals surface area contributed by atoms with E-state index in [1.807, 2.05) is 13.0 Å². The lowest BCUT2D eigenvalue weighted by molar-refractivity contribution is 1.39. The Morgan fingerprint density at radius 1 is 1.62 bits per heavy atom. The van der Waals surface area contributed by atoms with Crippen LogP contribution in [0.25, 0.3) is 0 Å². The Morgan fingerprint density at radius 3 is 2.77 bits per heavy atom. The molecule has 0 saturated carbocycles. The zero-order valence-electron chi connectivity index (χ0n) is 7.16. The van der Waals surface area contributed by atoms with Crippen molar-refractivity contribution in [3.63, 3.8) is 0 Å². The van der Waals surface area contributed by atoms with Crippen molar-refractivity contribution in [2.75, 3.05) is 5.32 Å². The van der Waals surface area contributed by atoms with Crippen LogP contribution >= 0.6 is 12.2 Å². The van der Waals surface area contributed by atoms with Crippen LogP contribution in [0, 0.1) is 18.3 Å². The molecule has 0 aromatic heterocycles. The van der Waals surface area contributed by atoms with Crippen molar-refractivity contribution >= 4 is 23.0 Å². The summed E-state index contributed by atoms with van der Waals surface area (Å²) < 4.78 is 0. The van der Waals surface area contributed by atoms with Crippen molar-refractivity contribution in [2.45, 2.75) is 6.92 Å². The van der Waals surface area contributed by atoms with Crippen molar-refractivity contribution in [3.05, 3.63) is 29.3 Å². The number of nitrogens with zero attached hydrogens (tertiary/aromatic N) is 1. The predicted octanol–water partition coefficient (Wildman–Crippen LogP) is 1.52. The third-order valence-corrected chi connectivity index (χ3v) is 1.72. The molecule has 0 saturated heterocycles. The molecule has 0 amide bonds. The van der Waals surface area contributed by atoms with Gasteiger partial charge in [0.2, 0.25) is 0 Å². The maximum absolute atomic E-state index is 8.67. The molecule has 4 heteroatoms. The van der Waals surface area contributed by atoms with Crippen LogP contribution in [0.15, 0.2) is 18.2 Å². The van der Waals surface area contributed by atoms with Crippen LogP contribution in [0.5, 0.6) is 0 Å². The maximum Gasteiger partial charge on any atom is 0.168 e. The minimum absolute atomic E-state index is 0.226. The number of nitrogens with two attached hydrogens (primary N) is 1. The highest BCUT2D eigenvalue weighted by molar-refractivity contribution is 7.80. The summed E-state index contributed by atoms with van der Waals surface area (Å²) in [4.78, 5) is 0. The van der Waals surface area contributed by atoms with Gasteiger partial charge in [0.15, 0.2) is 5.11 Å². The van der Waals surface area contributed by atoms with E-state index in [4.69, 9.17) is 11.0 Å². The molecule has 0 heterocycles. The summed E-state index contributed by atoms with van der Waals surface area (Å²) in [7, 11) is 0. The van der Waals surface area contributed by atoms with Gasteiger partial charge in [0.25, 0.3) is 0 Å². The van der Waals surface area contributed by atoms with E-state index in [0.29, 0.717) is 5.56 Å². The molecule has 1 aromatic rings. The molecule has 1 rings (SSSR count). The smallest absolute Gasteiger partial charge is 0.168 e. The number of hydrogen-bond donors (Lipinski definition) is 2. The Kier molecular flexibility index (Phi) is 2.83. The zero-order valence-corrected chi connectivity index (χ0v) is 7.98. The summed E-state index contributed by atoms with van der Waals surface area (Å²) >= 11 is 4.68. The number of nitrogens with one attached hydrogen (secondary N) is 1. The fourth-order valence-corrected chi connectivity index (χ4v) is 1.13. The van der Waals surface area contributed by atoms with E-state index in [0.717, 1.165) is 11.3 Å². The fourth-order valence-electron chi connectivity index (χ4n) is 1.01. The third kappa shape index (κ3) is 2.42. The highest BCUT2D eigenvalue weighted by atomic mass is 32.1. The highest BCUT2D eigenvalue weighted by Gasteiger charge is 1.98. The predicted molar refractivity (Wildman–Crippen MR) is 56.3 cm³/mol. The number of anilines is 1. The molecule has 3 N–H and O–H groups in total. The molecular formula is C9H9N3S. The first-order chi connectivity index (χ1) is 6.13. The molecule has 0 aliphatic carbocycles. The van der Waals surface area contributed by atoms with Crippen molar-refractivity contribution in [3.8, 4) is 6.07 Å². The van der Waals surface area contributed by atoms with Gasteiger partial charge in [0, 0.05) is 5.69 Å². The Hall–Kier alpha value is -1.60. The van der Waals surface area contributed by atoms with Crippen LogP contribution < -0.4 is 11.1 Å². The van der Waals surface area contributed by atoms with E-state index in [2.05, 4.69) is 23.6 Å². The molecule has 0 atom stereocenters. The third-order valence-electron chi connectivity index (χ3n) is 1.61. The van der Waals surface area contributed by atoms with Gasteiger partial charge in [-0.1, -0.05) is 0 Å². The minimum atomic E-state index is 0.226. The molecule has 66 valence electrons. The Balaban J connectivity index is 2.97. The van der Waals surface area contributed by atoms with Gasteiger partial charge in [-0.3, -0.25) is 0 Å². The molecule has 1 aromatic carbocycles. The molecule has 3 nitrogen and oxygen atoms in total. The second-order valence-electron chi connectivity index (χ2n) is 2.63. The molecule has 13 heavy (non-hydrogen) atoms. The lowest BCUT2D eigenvalue weighted by Crippen LogP contribution is -2.18. The lowest BCUT2D eigenvalue weighted by atomic mass is 10.1. The van der Waals surface area contributed by atoms with E-state index in [1.54, 1.807) is 12.1 Å². The van der Waals surface area contributed by atoms with Crippen molar-refractivity contribution in [2.24, 2.45) is 5.73 Å². The molecule has 0 radical (unpaired) electrons. The van der Waals surface area contributed by atoms with Gasteiger partial charge < -0.3 is 11.1 Å². The van der Waals surface area contributed by atoms with Gasteiger partial charge in [-0.25, -0.2) is 0 Å². The maximum atomic E-state index is 8.67. The largest absolute Gasteiger partial charge is 0.376 e. The zero-order chi connectivity index (χ0) is 9.84. The second kappa shape index (κ2) is 3.87. The summed E-state index contributed by atoms with van der Waals surface area (Å²) in [6.45, 7) is 1.86. The summed E-state index contributed by atoms with van der Waals surface area (Å²) in [5.74, 6) is 0. The van der Waals surface area contributed by atoms with E-state index >= 15 is 0 Å². The number of hydrogen-bond acceptors (Lipinski definition) is 2. The average molecular weight is 191 g/mol. The van der Waals surface area contributed by atoms with E-state index in [1.165, 1.54) is 0 Å². The number of thiocarbonyl (C=S) groups is 1. The molecule has 0 unspecified atom stereocenters.